The first kappa shape index (κ1) is 21.2. The van der Waals surface area contributed by atoms with E-state index in [0.717, 1.165) is 22.5 Å². The van der Waals surface area contributed by atoms with Crippen molar-refractivity contribution >= 4 is 23.2 Å². The lowest BCUT2D eigenvalue weighted by molar-refractivity contribution is -0.122. The number of imidazole rings is 1. The Labute approximate surface area is 181 Å². The van der Waals surface area contributed by atoms with Gasteiger partial charge in [-0.1, -0.05) is 12.1 Å². The van der Waals surface area contributed by atoms with Crippen LogP contribution in [0.25, 0.3) is 16.9 Å². The molecule has 3 heterocycles. The van der Waals surface area contributed by atoms with Crippen LogP contribution >= 0.6 is 0 Å². The summed E-state index contributed by atoms with van der Waals surface area (Å²) in [6, 6.07) is 9.66. The molecule has 2 amide bonds. The number of amides is 2. The molecule has 0 radical (unpaired) electrons. The zero-order valence-corrected chi connectivity index (χ0v) is 17.2. The molecule has 0 saturated carbocycles. The molecule has 8 nitrogen and oxygen atoms in total. The van der Waals surface area contributed by atoms with Gasteiger partial charge in [0.1, 0.15) is 12.2 Å². The normalized spacial score (nSPS) is 14.0. The number of hydrogen-bond acceptors (Lipinski definition) is 5. The van der Waals surface area contributed by atoms with E-state index in [-0.39, 0.29) is 0 Å². The van der Waals surface area contributed by atoms with Gasteiger partial charge in [-0.15, -0.1) is 0 Å². The molecule has 3 N–H and O–H groups in total. The fourth-order valence-corrected chi connectivity index (χ4v) is 3.29. The van der Waals surface area contributed by atoms with Gasteiger partial charge in [0, 0.05) is 36.3 Å². The smallest absolute Gasteiger partial charge is 0.329 e. The fourth-order valence-electron chi connectivity index (χ4n) is 3.29. The number of aliphatic imine (C=N–C) groups is 1. The van der Waals surface area contributed by atoms with E-state index in [1.54, 1.807) is 29.7 Å². The van der Waals surface area contributed by atoms with Crippen molar-refractivity contribution in [2.24, 2.45) is 4.99 Å². The molecule has 2 aromatic heterocycles. The molecule has 4 rings (SSSR count). The van der Waals surface area contributed by atoms with Crippen molar-refractivity contribution in [3.63, 3.8) is 0 Å². The first-order valence-corrected chi connectivity index (χ1v) is 9.64. The van der Waals surface area contributed by atoms with Crippen LogP contribution in [0.3, 0.4) is 0 Å². The average molecular weight is 443 g/mol. The first-order chi connectivity index (χ1) is 15.2. The van der Waals surface area contributed by atoms with Gasteiger partial charge in [-0.3, -0.25) is 14.8 Å². The summed E-state index contributed by atoms with van der Waals surface area (Å²) in [5.74, 6) is 0.704. The zero-order chi connectivity index (χ0) is 22.9. The number of nitrogens with zero attached hydrogens (tertiary/aromatic N) is 4. The van der Waals surface area contributed by atoms with Gasteiger partial charge in [0.15, 0.2) is 5.84 Å². The number of hydrazine groups is 1. The van der Waals surface area contributed by atoms with Crippen LogP contribution in [0.5, 0.6) is 0 Å². The largest absolute Gasteiger partial charge is 0.405 e. The zero-order valence-electron chi connectivity index (χ0n) is 17.2. The number of allylic oxidation sites excluding steroid dienone is 1. The predicted molar refractivity (Wildman–Crippen MR) is 115 cm³/mol. The quantitative estimate of drug-likeness (QED) is 0.574. The highest BCUT2D eigenvalue weighted by atomic mass is 19.4. The highest BCUT2D eigenvalue weighted by Gasteiger charge is 2.27. The lowest BCUT2D eigenvalue weighted by Gasteiger charge is -2.23. The molecular weight excluding hydrogens is 423 g/mol. The summed E-state index contributed by atoms with van der Waals surface area (Å²) in [6.07, 6.45) is 0.952. The molecule has 0 aliphatic carbocycles. The van der Waals surface area contributed by atoms with Gasteiger partial charge in [-0.05, 0) is 31.2 Å². The van der Waals surface area contributed by atoms with E-state index in [2.05, 4.69) is 20.7 Å². The number of fused-ring (bicyclic) bond motifs is 1. The predicted octanol–water partition coefficient (Wildman–Crippen LogP) is 3.74. The number of nitrogens with one attached hydrogen (secondary N) is 3. The molecule has 0 bridgehead atoms. The monoisotopic (exact) mass is 443 g/mol. The highest BCUT2D eigenvalue weighted by molar-refractivity contribution is 6.00. The highest BCUT2D eigenvalue weighted by Crippen LogP contribution is 2.24. The Balaban J connectivity index is 1.56. The summed E-state index contributed by atoms with van der Waals surface area (Å²) in [4.78, 5) is 20.7. The minimum atomic E-state index is -4.47. The van der Waals surface area contributed by atoms with Crippen molar-refractivity contribution in [2.75, 3.05) is 18.9 Å². The third-order valence-corrected chi connectivity index (χ3v) is 4.60. The molecule has 0 atom stereocenters. The molecule has 0 spiro atoms. The van der Waals surface area contributed by atoms with Crippen LogP contribution in [0.15, 0.2) is 65.7 Å². The summed E-state index contributed by atoms with van der Waals surface area (Å²) in [5, 5.41) is 6.01. The SMILES string of the molecule is CC1=CN(C)NC(c2ccn3c(-c4cccc(NC(=O)NCC(F)(F)F)c4)cnc3c2)=N1. The van der Waals surface area contributed by atoms with Crippen LogP contribution in [-0.4, -0.2) is 46.0 Å². The maximum atomic E-state index is 12.3. The molecule has 0 fully saturated rings. The lowest BCUT2D eigenvalue weighted by atomic mass is 10.1. The van der Waals surface area contributed by atoms with Crippen molar-refractivity contribution in [1.29, 1.82) is 0 Å². The van der Waals surface area contributed by atoms with E-state index >= 15 is 0 Å². The summed E-state index contributed by atoms with van der Waals surface area (Å²) < 4.78 is 38.7. The van der Waals surface area contributed by atoms with Crippen LogP contribution in [-0.2, 0) is 0 Å². The van der Waals surface area contributed by atoms with E-state index in [4.69, 9.17) is 0 Å². The van der Waals surface area contributed by atoms with Crippen molar-refractivity contribution in [3.05, 3.63) is 66.3 Å². The fraction of sp³-hybridized carbons (Fsp3) is 0.190. The molecule has 0 saturated heterocycles. The average Bonchev–Trinajstić information content (AvgIpc) is 3.14. The maximum absolute atomic E-state index is 12.3. The molecule has 1 aliphatic heterocycles. The Hall–Kier alpha value is -4.02. The van der Waals surface area contributed by atoms with Gasteiger partial charge < -0.3 is 10.6 Å². The Bertz CT molecular complexity index is 1230. The van der Waals surface area contributed by atoms with Crippen LogP contribution in [0.1, 0.15) is 12.5 Å². The molecule has 11 heteroatoms. The van der Waals surface area contributed by atoms with Crippen LogP contribution in [0.4, 0.5) is 23.7 Å². The molecule has 3 aromatic rings. The van der Waals surface area contributed by atoms with Crippen molar-refractivity contribution in [3.8, 4) is 11.3 Å². The van der Waals surface area contributed by atoms with E-state index in [1.807, 2.05) is 54.0 Å². The number of rotatable bonds is 4. The number of hydrogen-bond donors (Lipinski definition) is 3. The minimum Gasteiger partial charge on any atom is -0.329 e. The van der Waals surface area contributed by atoms with Gasteiger partial charge >= 0.3 is 12.2 Å². The third kappa shape index (κ3) is 4.82. The van der Waals surface area contributed by atoms with Gasteiger partial charge in [-0.25, -0.2) is 14.8 Å². The van der Waals surface area contributed by atoms with Crippen LogP contribution < -0.4 is 16.1 Å². The van der Waals surface area contributed by atoms with Gasteiger partial charge in [-0.2, -0.15) is 13.2 Å². The second kappa shape index (κ2) is 8.25. The number of carbonyl (C=O) groups is 1. The second-order valence-corrected chi connectivity index (χ2v) is 7.24. The lowest BCUT2D eigenvalue weighted by Crippen LogP contribution is -2.38. The Morgan fingerprint density at radius 3 is 2.75 bits per heavy atom. The number of pyridine rings is 1. The van der Waals surface area contributed by atoms with Gasteiger partial charge in [0.2, 0.25) is 0 Å². The Morgan fingerprint density at radius 2 is 2.00 bits per heavy atom. The van der Waals surface area contributed by atoms with Crippen LogP contribution in [0, 0.1) is 0 Å². The van der Waals surface area contributed by atoms with Crippen LogP contribution in [0.2, 0.25) is 0 Å². The number of aromatic nitrogens is 2. The summed E-state index contributed by atoms with van der Waals surface area (Å²) in [7, 11) is 1.88. The maximum Gasteiger partial charge on any atom is 0.405 e. The number of halogens is 3. The molecule has 0 unspecified atom stereocenters. The molecular formula is C21H20F3N7O. The number of anilines is 1. The number of urea groups is 1. The van der Waals surface area contributed by atoms with Gasteiger partial charge in [0.05, 0.1) is 17.6 Å². The standard InChI is InChI=1S/C21H20F3N7O/c1-13-11-30(2)29-19(27-13)15-6-7-31-17(10-25-18(31)9-15)14-4-3-5-16(8-14)28-20(32)26-12-21(22,23)24/h3-11H,12H2,1-2H3,(H,27,29)(H2,26,28,32). The van der Waals surface area contributed by atoms with Crippen molar-refractivity contribution in [1.82, 2.24) is 25.1 Å². The Kier molecular flexibility index (Phi) is 5.47. The first-order valence-electron chi connectivity index (χ1n) is 9.64. The van der Waals surface area contributed by atoms with E-state index in [9.17, 15) is 18.0 Å². The van der Waals surface area contributed by atoms with Crippen molar-refractivity contribution in [2.45, 2.75) is 13.1 Å². The number of benzene rings is 1. The molecule has 32 heavy (non-hydrogen) atoms. The summed E-state index contributed by atoms with van der Waals surface area (Å²) in [5.41, 5.74) is 7.46. The minimum absolute atomic E-state index is 0.361. The number of amidine groups is 1. The molecule has 1 aromatic carbocycles. The number of carbonyl (C=O) groups excluding carboxylic acids is 1. The second-order valence-electron chi connectivity index (χ2n) is 7.24. The van der Waals surface area contributed by atoms with E-state index in [1.165, 1.54) is 0 Å². The third-order valence-electron chi connectivity index (χ3n) is 4.60. The molecule has 1 aliphatic rings. The molecule has 166 valence electrons. The Morgan fingerprint density at radius 1 is 1.19 bits per heavy atom. The van der Waals surface area contributed by atoms with Crippen molar-refractivity contribution < 1.29 is 18.0 Å². The summed E-state index contributed by atoms with van der Waals surface area (Å²) in [6.45, 7) is 0.507. The summed E-state index contributed by atoms with van der Waals surface area (Å²) >= 11 is 0. The number of alkyl halides is 3. The van der Waals surface area contributed by atoms with E-state index in [0.29, 0.717) is 17.2 Å². The van der Waals surface area contributed by atoms with E-state index < -0.39 is 18.8 Å². The topological polar surface area (TPSA) is 86.1 Å². The van der Waals surface area contributed by atoms with Gasteiger partial charge in [0.25, 0.3) is 0 Å².